The summed E-state index contributed by atoms with van der Waals surface area (Å²) in [5, 5.41) is 2.94. The molecule has 8 nitrogen and oxygen atoms in total. The number of benzene rings is 1. The number of amides is 1. The van der Waals surface area contributed by atoms with Crippen LogP contribution in [-0.2, 0) is 20.6 Å². The molecule has 0 saturated carbocycles. The van der Waals surface area contributed by atoms with Gasteiger partial charge in [0.2, 0.25) is 0 Å². The number of nitrogens with one attached hydrogen (secondary N) is 1. The first-order valence-corrected chi connectivity index (χ1v) is 7.71. The molecule has 1 amide bonds. The maximum atomic E-state index is 12.2. The smallest absolute Gasteiger partial charge is 0.332 e. The fourth-order valence-electron chi connectivity index (χ4n) is 2.19. The summed E-state index contributed by atoms with van der Waals surface area (Å²) in [5.41, 5.74) is 10.8. The first-order valence-electron chi connectivity index (χ1n) is 6.63. The quantitative estimate of drug-likeness (QED) is 0.590. The first kappa shape index (κ1) is 17.2. The number of nitrogens with zero attached hydrogens (tertiary/aromatic N) is 2. The number of rotatable bonds is 4. The standard InChI is InChI=1S/C14H16IN5O3/c1-19-12(10(11(17)21)13(22)20(2)14(19)23)18-9-4-3-8(15)5-7(9)6-16/h3-5,18H,6,16H2,1-2H3,(H2,17,21). The molecule has 0 radical (unpaired) electrons. The molecule has 0 aliphatic carbocycles. The van der Waals surface area contributed by atoms with E-state index in [0.717, 1.165) is 13.7 Å². The molecule has 0 aliphatic rings. The van der Waals surface area contributed by atoms with Crippen LogP contribution in [-0.4, -0.2) is 15.0 Å². The fraction of sp³-hybridized carbons (Fsp3) is 0.214. The molecule has 1 heterocycles. The van der Waals surface area contributed by atoms with Crippen molar-refractivity contribution in [3.63, 3.8) is 0 Å². The van der Waals surface area contributed by atoms with Gasteiger partial charge in [-0.25, -0.2) is 4.79 Å². The molecule has 23 heavy (non-hydrogen) atoms. The van der Waals surface area contributed by atoms with Crippen molar-refractivity contribution < 1.29 is 4.79 Å². The van der Waals surface area contributed by atoms with E-state index in [1.54, 1.807) is 6.07 Å². The third-order valence-corrected chi connectivity index (χ3v) is 4.12. The van der Waals surface area contributed by atoms with Crippen LogP contribution >= 0.6 is 22.6 Å². The molecule has 9 heteroatoms. The molecule has 0 saturated heterocycles. The highest BCUT2D eigenvalue weighted by Gasteiger charge is 2.20. The van der Waals surface area contributed by atoms with Crippen molar-refractivity contribution in [2.24, 2.45) is 25.6 Å². The molecule has 5 N–H and O–H groups in total. The second-order valence-corrected chi connectivity index (χ2v) is 6.17. The van der Waals surface area contributed by atoms with Crippen LogP contribution in [0.25, 0.3) is 0 Å². The van der Waals surface area contributed by atoms with E-state index in [9.17, 15) is 14.4 Å². The Morgan fingerprint density at radius 3 is 2.48 bits per heavy atom. The Hall–Kier alpha value is -2.14. The lowest BCUT2D eigenvalue weighted by Gasteiger charge is -2.17. The summed E-state index contributed by atoms with van der Waals surface area (Å²) in [4.78, 5) is 36.0. The van der Waals surface area contributed by atoms with E-state index in [2.05, 4.69) is 27.9 Å². The molecule has 0 aliphatic heterocycles. The molecule has 0 atom stereocenters. The second-order valence-electron chi connectivity index (χ2n) is 4.92. The summed E-state index contributed by atoms with van der Waals surface area (Å²) < 4.78 is 2.99. The molecule has 0 fully saturated rings. The zero-order valence-corrected chi connectivity index (χ0v) is 14.7. The van der Waals surface area contributed by atoms with Gasteiger partial charge in [0.25, 0.3) is 11.5 Å². The van der Waals surface area contributed by atoms with Crippen molar-refractivity contribution in [2.75, 3.05) is 5.32 Å². The lowest BCUT2D eigenvalue weighted by Crippen LogP contribution is -2.42. The van der Waals surface area contributed by atoms with Crippen LogP contribution in [0.3, 0.4) is 0 Å². The van der Waals surface area contributed by atoms with E-state index in [4.69, 9.17) is 11.5 Å². The van der Waals surface area contributed by atoms with Gasteiger partial charge in [-0.15, -0.1) is 0 Å². The van der Waals surface area contributed by atoms with Gasteiger partial charge in [-0.2, -0.15) is 0 Å². The monoisotopic (exact) mass is 429 g/mol. The number of nitrogens with two attached hydrogens (primary N) is 2. The van der Waals surface area contributed by atoms with Crippen LogP contribution < -0.4 is 28.0 Å². The van der Waals surface area contributed by atoms with Gasteiger partial charge in [0.05, 0.1) is 0 Å². The van der Waals surface area contributed by atoms with Gasteiger partial charge in [-0.05, 0) is 46.4 Å². The number of primary amides is 1. The lowest BCUT2D eigenvalue weighted by atomic mass is 10.1. The van der Waals surface area contributed by atoms with Crippen LogP contribution in [0.4, 0.5) is 11.5 Å². The van der Waals surface area contributed by atoms with Crippen LogP contribution in [0, 0.1) is 3.57 Å². The second kappa shape index (κ2) is 6.54. The van der Waals surface area contributed by atoms with E-state index < -0.39 is 17.2 Å². The highest BCUT2D eigenvalue weighted by molar-refractivity contribution is 14.1. The maximum absolute atomic E-state index is 12.2. The van der Waals surface area contributed by atoms with Gasteiger partial charge in [0.15, 0.2) is 0 Å². The molecular formula is C14H16IN5O3. The number of aromatic nitrogens is 2. The summed E-state index contributed by atoms with van der Waals surface area (Å²) in [6.45, 7) is 0.254. The Labute approximate surface area is 145 Å². The molecule has 0 unspecified atom stereocenters. The van der Waals surface area contributed by atoms with Crippen molar-refractivity contribution in [2.45, 2.75) is 6.54 Å². The van der Waals surface area contributed by atoms with Crippen molar-refractivity contribution in [3.8, 4) is 0 Å². The number of hydrogen-bond donors (Lipinski definition) is 3. The number of anilines is 2. The largest absolute Gasteiger partial charge is 0.365 e. The third-order valence-electron chi connectivity index (χ3n) is 3.45. The summed E-state index contributed by atoms with van der Waals surface area (Å²) in [6, 6.07) is 5.47. The number of hydrogen-bond acceptors (Lipinski definition) is 5. The Morgan fingerprint density at radius 2 is 1.91 bits per heavy atom. The Morgan fingerprint density at radius 1 is 1.26 bits per heavy atom. The molecule has 122 valence electrons. The van der Waals surface area contributed by atoms with E-state index in [1.165, 1.54) is 18.7 Å². The minimum Gasteiger partial charge on any atom is -0.365 e. The van der Waals surface area contributed by atoms with Gasteiger partial charge in [-0.3, -0.25) is 18.7 Å². The Kier molecular flexibility index (Phi) is 4.90. The molecule has 2 rings (SSSR count). The maximum Gasteiger partial charge on any atom is 0.332 e. The molecule has 1 aromatic heterocycles. The van der Waals surface area contributed by atoms with Gasteiger partial charge in [0.1, 0.15) is 11.4 Å². The van der Waals surface area contributed by atoms with E-state index in [0.29, 0.717) is 5.69 Å². The SMILES string of the molecule is Cn1c(Nc2ccc(I)cc2CN)c(C(N)=O)c(=O)n(C)c1=O. The highest BCUT2D eigenvalue weighted by Crippen LogP contribution is 2.23. The van der Waals surface area contributed by atoms with Crippen molar-refractivity contribution >= 4 is 40.0 Å². The van der Waals surface area contributed by atoms with Crippen LogP contribution in [0.1, 0.15) is 15.9 Å². The minimum absolute atomic E-state index is 0.0431. The lowest BCUT2D eigenvalue weighted by molar-refractivity contribution is 0.0998. The van der Waals surface area contributed by atoms with Crippen LogP contribution in [0.5, 0.6) is 0 Å². The first-order chi connectivity index (χ1) is 10.8. The van der Waals surface area contributed by atoms with Crippen molar-refractivity contribution in [3.05, 3.63) is 53.7 Å². The van der Waals surface area contributed by atoms with Crippen LogP contribution in [0.15, 0.2) is 27.8 Å². The normalized spacial score (nSPS) is 10.6. The van der Waals surface area contributed by atoms with Gasteiger partial charge in [-0.1, -0.05) is 0 Å². The van der Waals surface area contributed by atoms with E-state index >= 15 is 0 Å². The Balaban J connectivity index is 2.72. The Bertz CT molecular complexity index is 901. The van der Waals surface area contributed by atoms with Crippen LogP contribution in [0.2, 0.25) is 0 Å². The predicted molar refractivity (Wildman–Crippen MR) is 95.8 cm³/mol. The van der Waals surface area contributed by atoms with E-state index in [1.807, 2.05) is 12.1 Å². The molecule has 0 bridgehead atoms. The predicted octanol–water partition coefficient (Wildman–Crippen LogP) is -0.0102. The van der Waals surface area contributed by atoms with Gasteiger partial charge >= 0.3 is 5.69 Å². The topological polar surface area (TPSA) is 125 Å². The highest BCUT2D eigenvalue weighted by atomic mass is 127. The molecule has 1 aromatic carbocycles. The number of halogens is 1. The number of carbonyl (C=O) groups excluding carboxylic acids is 1. The average molecular weight is 429 g/mol. The average Bonchev–Trinajstić information content (AvgIpc) is 2.51. The minimum atomic E-state index is -0.913. The molecular weight excluding hydrogens is 413 g/mol. The third kappa shape index (κ3) is 3.15. The fourth-order valence-corrected chi connectivity index (χ4v) is 2.75. The van der Waals surface area contributed by atoms with E-state index in [-0.39, 0.29) is 17.9 Å². The summed E-state index contributed by atoms with van der Waals surface area (Å²) in [6.07, 6.45) is 0. The van der Waals surface area contributed by atoms with Gasteiger partial charge < -0.3 is 16.8 Å². The zero-order valence-electron chi connectivity index (χ0n) is 12.6. The molecule has 2 aromatic rings. The van der Waals surface area contributed by atoms with Gasteiger partial charge in [0, 0.05) is 29.9 Å². The van der Waals surface area contributed by atoms with Crippen molar-refractivity contribution in [1.29, 1.82) is 0 Å². The summed E-state index contributed by atoms with van der Waals surface area (Å²) in [5.74, 6) is -0.870. The zero-order chi connectivity index (χ0) is 17.3. The summed E-state index contributed by atoms with van der Waals surface area (Å²) in [7, 11) is 2.74. The number of carbonyl (C=O) groups is 1. The van der Waals surface area contributed by atoms with Crippen molar-refractivity contribution in [1.82, 2.24) is 9.13 Å². The summed E-state index contributed by atoms with van der Waals surface area (Å²) >= 11 is 2.15. The molecule has 0 spiro atoms.